The highest BCUT2D eigenvalue weighted by atomic mass is 35.5. The van der Waals surface area contributed by atoms with Gasteiger partial charge < -0.3 is 4.90 Å². The second kappa shape index (κ2) is 7.88. The molecule has 1 saturated heterocycles. The van der Waals surface area contributed by atoms with Crippen LogP contribution in [0.2, 0.25) is 5.02 Å². The molecule has 9 heteroatoms. The van der Waals surface area contributed by atoms with Crippen molar-refractivity contribution in [2.45, 2.75) is 19.3 Å². The molecular formula is C20H16ClFN4O2S. The maximum Gasteiger partial charge on any atom is 0.260 e. The Morgan fingerprint density at radius 3 is 2.83 bits per heavy atom. The first-order chi connectivity index (χ1) is 13.9. The van der Waals surface area contributed by atoms with Crippen molar-refractivity contribution in [2.24, 2.45) is 0 Å². The first-order valence-corrected chi connectivity index (χ1v) is 10.1. The van der Waals surface area contributed by atoms with Gasteiger partial charge in [-0.1, -0.05) is 41.1 Å². The van der Waals surface area contributed by atoms with Crippen LogP contribution in [-0.4, -0.2) is 28.6 Å². The van der Waals surface area contributed by atoms with E-state index in [2.05, 4.69) is 15.5 Å². The second-order valence-corrected chi connectivity index (χ2v) is 8.13. The Kier molecular flexibility index (Phi) is 5.29. The fraction of sp³-hybridized carbons (Fsp3) is 0.200. The van der Waals surface area contributed by atoms with E-state index in [1.807, 2.05) is 19.1 Å². The predicted octanol–water partition coefficient (Wildman–Crippen LogP) is 4.41. The Morgan fingerprint density at radius 1 is 1.28 bits per heavy atom. The van der Waals surface area contributed by atoms with Crippen LogP contribution in [0.1, 0.15) is 33.3 Å². The summed E-state index contributed by atoms with van der Waals surface area (Å²) in [4.78, 5) is 26.4. The van der Waals surface area contributed by atoms with Crippen LogP contribution in [0.3, 0.4) is 0 Å². The number of anilines is 2. The molecular weight excluding hydrogens is 415 g/mol. The molecule has 29 heavy (non-hydrogen) atoms. The molecule has 6 nitrogen and oxygen atoms in total. The van der Waals surface area contributed by atoms with E-state index in [9.17, 15) is 14.0 Å². The van der Waals surface area contributed by atoms with Crippen LogP contribution < -0.4 is 10.2 Å². The largest absolute Gasteiger partial charge is 0.312 e. The van der Waals surface area contributed by atoms with Crippen molar-refractivity contribution in [1.29, 1.82) is 0 Å². The van der Waals surface area contributed by atoms with Crippen LogP contribution in [0.25, 0.3) is 0 Å². The first-order valence-electron chi connectivity index (χ1n) is 8.88. The number of amides is 2. The van der Waals surface area contributed by atoms with Crippen LogP contribution in [0, 0.1) is 12.7 Å². The number of halogens is 2. The summed E-state index contributed by atoms with van der Waals surface area (Å²) < 4.78 is 13.7. The van der Waals surface area contributed by atoms with Crippen molar-refractivity contribution in [2.75, 3.05) is 16.8 Å². The summed E-state index contributed by atoms with van der Waals surface area (Å²) in [6, 6.07) is 11.2. The molecule has 0 saturated carbocycles. The van der Waals surface area contributed by atoms with Gasteiger partial charge in [0.05, 0.1) is 5.56 Å². The standard InChI is InChI=1S/C20H16ClFN4O2S/c1-11-6-7-13(9-15(11)21)26-10-12(8-17(26)27)19-24-25-20(29-19)23-18(28)14-4-2-3-5-16(14)22/h2-7,9,12H,8,10H2,1H3,(H,23,25,28)/t12-/m1/s1. The summed E-state index contributed by atoms with van der Waals surface area (Å²) in [5, 5.41) is 12.2. The lowest BCUT2D eigenvalue weighted by Gasteiger charge is -2.17. The van der Waals surface area contributed by atoms with Gasteiger partial charge in [0.25, 0.3) is 5.91 Å². The lowest BCUT2D eigenvalue weighted by molar-refractivity contribution is -0.117. The molecule has 1 fully saturated rings. The number of carbonyl (C=O) groups is 2. The summed E-state index contributed by atoms with van der Waals surface area (Å²) in [6.45, 7) is 2.35. The molecule has 1 aliphatic rings. The van der Waals surface area contributed by atoms with Gasteiger partial charge in [-0.2, -0.15) is 0 Å². The smallest absolute Gasteiger partial charge is 0.260 e. The Morgan fingerprint density at radius 2 is 2.07 bits per heavy atom. The van der Waals surface area contributed by atoms with Gasteiger partial charge in [-0.25, -0.2) is 4.39 Å². The third-order valence-electron chi connectivity index (χ3n) is 4.72. The molecule has 2 amide bonds. The Hall–Kier alpha value is -2.84. The quantitative estimate of drug-likeness (QED) is 0.665. The van der Waals surface area contributed by atoms with Crippen LogP contribution in [-0.2, 0) is 4.79 Å². The molecule has 2 heterocycles. The Labute approximate surface area is 175 Å². The SMILES string of the molecule is Cc1ccc(N2C[C@H](c3nnc(NC(=O)c4ccccc4F)s3)CC2=O)cc1Cl. The third-order valence-corrected chi connectivity index (χ3v) is 6.13. The van der Waals surface area contributed by atoms with Crippen LogP contribution in [0.4, 0.5) is 15.2 Å². The maximum absolute atomic E-state index is 13.7. The number of rotatable bonds is 4. The summed E-state index contributed by atoms with van der Waals surface area (Å²) in [5.74, 6) is -1.37. The van der Waals surface area contributed by atoms with Crippen molar-refractivity contribution in [3.8, 4) is 0 Å². The van der Waals surface area contributed by atoms with Crippen LogP contribution in [0.5, 0.6) is 0 Å². The predicted molar refractivity (Wildman–Crippen MR) is 110 cm³/mol. The van der Waals surface area contributed by atoms with E-state index < -0.39 is 11.7 Å². The molecule has 1 N–H and O–H groups in total. The molecule has 148 valence electrons. The molecule has 0 spiro atoms. The van der Waals surface area contributed by atoms with Gasteiger partial charge in [0, 0.05) is 29.6 Å². The molecule has 2 aromatic carbocycles. The van der Waals surface area contributed by atoms with Gasteiger partial charge >= 0.3 is 0 Å². The zero-order valence-corrected chi connectivity index (χ0v) is 16.9. The van der Waals surface area contributed by atoms with E-state index in [1.165, 1.54) is 29.5 Å². The highest BCUT2D eigenvalue weighted by molar-refractivity contribution is 7.15. The number of aryl methyl sites for hydroxylation is 1. The van der Waals surface area contributed by atoms with Gasteiger partial charge in [-0.3, -0.25) is 14.9 Å². The monoisotopic (exact) mass is 430 g/mol. The van der Waals surface area contributed by atoms with Crippen molar-refractivity contribution in [1.82, 2.24) is 10.2 Å². The number of hydrogen-bond acceptors (Lipinski definition) is 5. The zero-order chi connectivity index (χ0) is 20.5. The van der Waals surface area contributed by atoms with E-state index in [4.69, 9.17) is 11.6 Å². The van der Waals surface area contributed by atoms with Crippen LogP contribution >= 0.6 is 22.9 Å². The molecule has 0 bridgehead atoms. The van der Waals surface area contributed by atoms with E-state index in [0.717, 1.165) is 11.3 Å². The minimum absolute atomic E-state index is 0.0259. The average Bonchev–Trinajstić information content (AvgIpc) is 3.31. The molecule has 3 aromatic rings. The van der Waals surface area contributed by atoms with Gasteiger partial charge in [0.2, 0.25) is 11.0 Å². The molecule has 4 rings (SSSR count). The van der Waals surface area contributed by atoms with Crippen molar-refractivity contribution < 1.29 is 14.0 Å². The fourth-order valence-corrected chi connectivity index (χ4v) is 4.14. The number of carbonyl (C=O) groups excluding carboxylic acids is 2. The Bertz CT molecular complexity index is 1100. The van der Waals surface area contributed by atoms with E-state index >= 15 is 0 Å². The number of hydrogen-bond donors (Lipinski definition) is 1. The van der Waals surface area contributed by atoms with E-state index in [0.29, 0.717) is 23.0 Å². The molecule has 1 aromatic heterocycles. The lowest BCUT2D eigenvalue weighted by Crippen LogP contribution is -2.24. The average molecular weight is 431 g/mol. The van der Waals surface area contributed by atoms with Crippen molar-refractivity contribution >= 4 is 45.6 Å². The van der Waals surface area contributed by atoms with Crippen molar-refractivity contribution in [3.05, 3.63) is 69.4 Å². The number of aromatic nitrogens is 2. The number of nitrogens with one attached hydrogen (secondary N) is 1. The summed E-state index contributed by atoms with van der Waals surface area (Å²) in [5.41, 5.74) is 1.62. The van der Waals surface area contributed by atoms with Gasteiger partial charge in [0.15, 0.2) is 0 Å². The number of benzene rings is 2. The zero-order valence-electron chi connectivity index (χ0n) is 15.4. The first kappa shape index (κ1) is 19.5. The van der Waals surface area contributed by atoms with E-state index in [-0.39, 0.29) is 22.5 Å². The summed E-state index contributed by atoms with van der Waals surface area (Å²) in [7, 11) is 0. The second-order valence-electron chi connectivity index (χ2n) is 6.72. The van der Waals surface area contributed by atoms with E-state index in [1.54, 1.807) is 17.0 Å². The lowest BCUT2D eigenvalue weighted by atomic mass is 10.1. The Balaban J connectivity index is 1.47. The highest BCUT2D eigenvalue weighted by Gasteiger charge is 2.34. The van der Waals surface area contributed by atoms with Gasteiger partial charge in [0.1, 0.15) is 10.8 Å². The molecule has 0 unspecified atom stereocenters. The number of nitrogens with zero attached hydrogens (tertiary/aromatic N) is 3. The maximum atomic E-state index is 13.7. The van der Waals surface area contributed by atoms with Crippen LogP contribution in [0.15, 0.2) is 42.5 Å². The molecule has 1 aliphatic heterocycles. The molecule has 0 radical (unpaired) electrons. The summed E-state index contributed by atoms with van der Waals surface area (Å²) >= 11 is 7.36. The normalized spacial score (nSPS) is 16.3. The fourth-order valence-electron chi connectivity index (χ4n) is 3.13. The minimum Gasteiger partial charge on any atom is -0.312 e. The topological polar surface area (TPSA) is 75.2 Å². The van der Waals surface area contributed by atoms with Gasteiger partial charge in [-0.15, -0.1) is 10.2 Å². The molecule has 0 aliphatic carbocycles. The van der Waals surface area contributed by atoms with Gasteiger partial charge in [-0.05, 0) is 36.8 Å². The highest BCUT2D eigenvalue weighted by Crippen LogP contribution is 2.35. The molecule has 1 atom stereocenters. The van der Waals surface area contributed by atoms with Crippen molar-refractivity contribution in [3.63, 3.8) is 0 Å². The minimum atomic E-state index is -0.608. The summed E-state index contributed by atoms with van der Waals surface area (Å²) in [6.07, 6.45) is 0.293. The third kappa shape index (κ3) is 3.99.